The Morgan fingerprint density at radius 2 is 1.52 bits per heavy atom. The summed E-state index contributed by atoms with van der Waals surface area (Å²) < 4.78 is 68.9. The van der Waals surface area contributed by atoms with Gasteiger partial charge in [-0.3, -0.25) is 4.84 Å². The van der Waals surface area contributed by atoms with Gasteiger partial charge < -0.3 is 4.74 Å². The summed E-state index contributed by atoms with van der Waals surface area (Å²) in [7, 11) is 0. The van der Waals surface area contributed by atoms with Gasteiger partial charge in [-0.25, -0.2) is 18.0 Å². The van der Waals surface area contributed by atoms with Gasteiger partial charge in [-0.15, -0.1) is 10.1 Å². The molecule has 11 heteroatoms. The molecule has 0 heterocycles. The van der Waals surface area contributed by atoms with Crippen LogP contribution >= 0.6 is 0 Å². The van der Waals surface area contributed by atoms with Crippen LogP contribution in [0.1, 0.15) is 13.3 Å². The highest BCUT2D eigenvalue weighted by molar-refractivity contribution is 5.77. The van der Waals surface area contributed by atoms with Crippen LogP contribution < -0.4 is 4.74 Å². The van der Waals surface area contributed by atoms with E-state index in [-0.39, 0.29) is 6.42 Å². The van der Waals surface area contributed by atoms with E-state index < -0.39 is 52.0 Å². The van der Waals surface area contributed by atoms with Crippen LogP contribution in [0.25, 0.3) is 0 Å². The van der Waals surface area contributed by atoms with Gasteiger partial charge in [0.1, 0.15) is 0 Å². The Bertz CT molecular complexity index is 565. The molecule has 1 atom stereocenters. The minimum atomic E-state index is -2.43. The predicted octanol–water partition coefficient (Wildman–Crippen LogP) is 2.27. The first kappa shape index (κ1) is 16.6. The minimum absolute atomic E-state index is 0.338. The molecule has 0 saturated carbocycles. The first-order valence-electron chi connectivity index (χ1n) is 5.24. The maximum Gasteiger partial charge on any atom is 0.340 e. The fourth-order valence-corrected chi connectivity index (χ4v) is 1.23. The van der Waals surface area contributed by atoms with Crippen molar-refractivity contribution >= 4 is 5.97 Å². The molecule has 0 bridgehead atoms. The van der Waals surface area contributed by atoms with Crippen LogP contribution in [0.2, 0.25) is 0 Å². The number of hydrogen-bond acceptors (Lipinski definition) is 5. The lowest BCUT2D eigenvalue weighted by Gasteiger charge is -2.13. The molecule has 1 aromatic carbocycles. The minimum Gasteiger partial charge on any atom is -0.418 e. The van der Waals surface area contributed by atoms with Crippen molar-refractivity contribution in [3.8, 4) is 5.75 Å². The number of carbonyl (C=O) groups is 1. The number of rotatable bonds is 5. The van der Waals surface area contributed by atoms with E-state index in [1.165, 1.54) is 6.92 Å². The third-order valence-corrected chi connectivity index (χ3v) is 2.22. The number of hydrogen-bond donors (Lipinski definition) is 0. The summed E-state index contributed by atoms with van der Waals surface area (Å²) in [5, 5.41) is 8.70. The zero-order valence-electron chi connectivity index (χ0n) is 10.2. The molecule has 0 fully saturated rings. The molecule has 0 aliphatic heterocycles. The molecular weight excluding hydrogens is 309 g/mol. The smallest absolute Gasteiger partial charge is 0.340 e. The van der Waals surface area contributed by atoms with Gasteiger partial charge in [-0.2, -0.15) is 8.78 Å². The Labute approximate surface area is 113 Å². The summed E-state index contributed by atoms with van der Waals surface area (Å²) in [6, 6.07) is 0. The van der Waals surface area contributed by atoms with Crippen LogP contribution in [0.3, 0.4) is 0 Å². The molecule has 0 radical (unpaired) electrons. The van der Waals surface area contributed by atoms with Gasteiger partial charge in [0.15, 0.2) is 0 Å². The standard InChI is InChI=1S/C10H6F5NO5/c1-2-3(21-16(18)19)10(17)20-9-7(14)5(12)4(11)6(13)8(9)15/h3H,2H2,1H3. The monoisotopic (exact) mass is 315 g/mol. The fraction of sp³-hybridized carbons (Fsp3) is 0.300. The molecular formula is C10H6F5NO5. The Morgan fingerprint density at radius 3 is 1.90 bits per heavy atom. The second kappa shape index (κ2) is 6.33. The van der Waals surface area contributed by atoms with Gasteiger partial charge in [-0.1, -0.05) is 6.92 Å². The van der Waals surface area contributed by atoms with Crippen LogP contribution in [-0.2, 0) is 9.63 Å². The lowest BCUT2D eigenvalue weighted by atomic mass is 10.2. The Balaban J connectivity index is 3.13. The van der Waals surface area contributed by atoms with Crippen LogP contribution in [0.5, 0.6) is 5.75 Å². The first-order chi connectivity index (χ1) is 9.70. The van der Waals surface area contributed by atoms with Crippen molar-refractivity contribution in [3.05, 3.63) is 39.2 Å². The predicted molar refractivity (Wildman–Crippen MR) is 54.0 cm³/mol. The van der Waals surface area contributed by atoms with Crippen LogP contribution in [0.4, 0.5) is 22.0 Å². The highest BCUT2D eigenvalue weighted by Crippen LogP contribution is 2.29. The Hall–Kier alpha value is -2.46. The molecule has 6 nitrogen and oxygen atoms in total. The van der Waals surface area contributed by atoms with Gasteiger partial charge >= 0.3 is 5.97 Å². The lowest BCUT2D eigenvalue weighted by Crippen LogP contribution is -2.31. The third kappa shape index (κ3) is 3.35. The average Bonchev–Trinajstić information content (AvgIpc) is 2.44. The third-order valence-electron chi connectivity index (χ3n) is 2.22. The number of esters is 1. The summed E-state index contributed by atoms with van der Waals surface area (Å²) in [5.74, 6) is -15.4. The van der Waals surface area contributed by atoms with E-state index in [2.05, 4.69) is 9.57 Å². The molecule has 0 aliphatic carbocycles. The molecule has 1 unspecified atom stereocenters. The highest BCUT2D eigenvalue weighted by atomic mass is 19.2. The summed E-state index contributed by atoms with van der Waals surface area (Å²) in [6.45, 7) is 1.23. The van der Waals surface area contributed by atoms with Crippen molar-refractivity contribution in [3.63, 3.8) is 0 Å². The summed E-state index contributed by atoms with van der Waals surface area (Å²) in [6.07, 6.45) is -2.22. The van der Waals surface area contributed by atoms with Crippen molar-refractivity contribution in [2.75, 3.05) is 0 Å². The zero-order valence-corrected chi connectivity index (χ0v) is 10.2. The van der Waals surface area contributed by atoms with E-state index in [1.807, 2.05) is 0 Å². The average molecular weight is 315 g/mol. The topological polar surface area (TPSA) is 78.7 Å². The van der Waals surface area contributed by atoms with Crippen LogP contribution in [0, 0.1) is 39.2 Å². The highest BCUT2D eigenvalue weighted by Gasteiger charge is 2.31. The van der Waals surface area contributed by atoms with E-state index >= 15 is 0 Å². The number of ether oxygens (including phenoxy) is 1. The van der Waals surface area contributed by atoms with Gasteiger partial charge in [0.05, 0.1) is 0 Å². The molecule has 0 spiro atoms. The molecule has 0 aliphatic rings. The molecule has 21 heavy (non-hydrogen) atoms. The molecule has 116 valence electrons. The van der Waals surface area contributed by atoms with E-state index in [4.69, 9.17) is 0 Å². The second-order valence-electron chi connectivity index (χ2n) is 3.55. The maximum absolute atomic E-state index is 13.2. The molecule has 0 aromatic heterocycles. The Morgan fingerprint density at radius 1 is 1.10 bits per heavy atom. The number of halogens is 5. The fourth-order valence-electron chi connectivity index (χ4n) is 1.23. The van der Waals surface area contributed by atoms with Crippen molar-refractivity contribution in [2.24, 2.45) is 0 Å². The number of benzene rings is 1. The van der Waals surface area contributed by atoms with E-state index in [1.54, 1.807) is 0 Å². The normalized spacial score (nSPS) is 11.9. The van der Waals surface area contributed by atoms with Crippen LogP contribution in [-0.4, -0.2) is 17.2 Å². The number of carbonyl (C=O) groups excluding carboxylic acids is 1. The van der Waals surface area contributed by atoms with Gasteiger partial charge in [0, 0.05) is 0 Å². The zero-order chi connectivity index (χ0) is 16.3. The maximum atomic E-state index is 13.2. The summed E-state index contributed by atoms with van der Waals surface area (Å²) >= 11 is 0. The lowest BCUT2D eigenvalue weighted by molar-refractivity contribution is -0.764. The molecule has 0 N–H and O–H groups in total. The van der Waals surface area contributed by atoms with E-state index in [9.17, 15) is 36.9 Å². The van der Waals surface area contributed by atoms with Crippen molar-refractivity contribution in [1.82, 2.24) is 0 Å². The summed E-state index contributed by atoms with van der Waals surface area (Å²) in [4.78, 5) is 25.3. The van der Waals surface area contributed by atoms with Gasteiger partial charge in [0.2, 0.25) is 40.9 Å². The molecule has 0 amide bonds. The number of nitrogens with zero attached hydrogens (tertiary/aromatic N) is 1. The SMILES string of the molecule is CCC(O[N+](=O)[O-])C(=O)Oc1c(F)c(F)c(F)c(F)c1F. The van der Waals surface area contributed by atoms with Gasteiger partial charge in [0.25, 0.3) is 5.09 Å². The summed E-state index contributed by atoms with van der Waals surface area (Å²) in [5.41, 5.74) is 0. The van der Waals surface area contributed by atoms with E-state index in [0.717, 1.165) is 0 Å². The quantitative estimate of drug-likeness (QED) is 0.158. The van der Waals surface area contributed by atoms with E-state index in [0.29, 0.717) is 0 Å². The molecule has 1 rings (SSSR count). The molecule has 1 aromatic rings. The largest absolute Gasteiger partial charge is 0.418 e. The first-order valence-corrected chi connectivity index (χ1v) is 5.24. The van der Waals surface area contributed by atoms with Crippen molar-refractivity contribution in [2.45, 2.75) is 19.4 Å². The van der Waals surface area contributed by atoms with Crippen molar-refractivity contribution < 1.29 is 41.4 Å². The van der Waals surface area contributed by atoms with Crippen molar-refractivity contribution in [1.29, 1.82) is 0 Å². The van der Waals surface area contributed by atoms with Gasteiger partial charge in [-0.05, 0) is 6.42 Å². The second-order valence-corrected chi connectivity index (χ2v) is 3.55. The molecule has 0 saturated heterocycles. The van der Waals surface area contributed by atoms with Crippen LogP contribution in [0.15, 0.2) is 0 Å². The Kier molecular flexibility index (Phi) is 5.00.